The van der Waals surface area contributed by atoms with Gasteiger partial charge in [0.1, 0.15) is 0 Å². The monoisotopic (exact) mass is 494 g/mol. The van der Waals surface area contributed by atoms with E-state index in [2.05, 4.69) is 64.0 Å². The molecule has 0 aliphatic carbocycles. The maximum absolute atomic E-state index is 6.12. The Balaban J connectivity index is 0.00000364. The molecule has 2 aliphatic heterocycles. The Morgan fingerprint density at radius 2 is 1.96 bits per heavy atom. The Kier molecular flexibility index (Phi) is 10.3. The van der Waals surface area contributed by atoms with E-state index in [1.165, 1.54) is 6.42 Å². The average Bonchev–Trinajstić information content (AvgIpc) is 2.93. The molecule has 4 unspecified atom stereocenters. The first-order valence-electron chi connectivity index (χ1n) is 10.6. The minimum atomic E-state index is 0. The van der Waals surface area contributed by atoms with Crippen LogP contribution in [0.5, 0.6) is 0 Å². The van der Waals surface area contributed by atoms with E-state index in [1.54, 1.807) is 0 Å². The number of guanidine groups is 1. The maximum atomic E-state index is 6.12. The van der Waals surface area contributed by atoms with Crippen LogP contribution in [0, 0.1) is 17.3 Å². The molecule has 0 aromatic carbocycles. The van der Waals surface area contributed by atoms with Crippen molar-refractivity contribution in [3.8, 4) is 0 Å². The van der Waals surface area contributed by atoms with Crippen LogP contribution in [0.15, 0.2) is 4.99 Å². The van der Waals surface area contributed by atoms with Crippen LogP contribution in [-0.4, -0.2) is 61.8 Å². The highest BCUT2D eigenvalue weighted by molar-refractivity contribution is 14.0. The first-order chi connectivity index (χ1) is 12.2. The van der Waals surface area contributed by atoms with Gasteiger partial charge in [0.05, 0.1) is 6.10 Å². The number of nitrogens with one attached hydrogen (secondary N) is 2. The van der Waals surface area contributed by atoms with Crippen LogP contribution in [-0.2, 0) is 4.74 Å². The molecule has 0 saturated carbocycles. The van der Waals surface area contributed by atoms with Gasteiger partial charge in [-0.1, -0.05) is 27.7 Å². The van der Waals surface area contributed by atoms with Gasteiger partial charge in [-0.2, -0.15) is 0 Å². The lowest BCUT2D eigenvalue weighted by atomic mass is 9.78. The van der Waals surface area contributed by atoms with Gasteiger partial charge in [-0.05, 0) is 44.9 Å². The fraction of sp³-hybridized carbons (Fsp3) is 0.952. The molecule has 0 aromatic heterocycles. The summed E-state index contributed by atoms with van der Waals surface area (Å²) in [4.78, 5) is 7.52. The molecule has 5 nitrogen and oxygen atoms in total. The van der Waals surface area contributed by atoms with Crippen LogP contribution >= 0.6 is 24.0 Å². The number of rotatable bonds is 5. The quantitative estimate of drug-likeness (QED) is 0.348. The Morgan fingerprint density at radius 1 is 1.26 bits per heavy atom. The molecule has 2 saturated heterocycles. The molecule has 0 amide bonds. The lowest BCUT2D eigenvalue weighted by Gasteiger charge is -2.39. The molecule has 0 radical (unpaired) electrons. The molecular formula is C21H43IN4O. The van der Waals surface area contributed by atoms with E-state index < -0.39 is 0 Å². The summed E-state index contributed by atoms with van der Waals surface area (Å²) in [6.45, 7) is 20.8. The van der Waals surface area contributed by atoms with Gasteiger partial charge < -0.3 is 15.4 Å². The van der Waals surface area contributed by atoms with Gasteiger partial charge in [0.2, 0.25) is 0 Å². The molecule has 6 heteroatoms. The summed E-state index contributed by atoms with van der Waals surface area (Å²) in [6.07, 6.45) is 2.66. The van der Waals surface area contributed by atoms with Crippen LogP contribution in [0.3, 0.4) is 0 Å². The molecule has 160 valence electrons. The SMILES string of the molecule is CCNC(=NCC1CCCOC1C(C)(C)C)NC1CN(C(C)C)CC1C.I. The fourth-order valence-electron chi connectivity index (χ4n) is 4.31. The zero-order valence-corrected chi connectivity index (χ0v) is 20.9. The van der Waals surface area contributed by atoms with Crippen molar-refractivity contribution in [2.45, 2.75) is 79.5 Å². The number of aliphatic imine (C=N–C) groups is 1. The number of likely N-dealkylation sites (tertiary alicyclic amines) is 1. The number of nitrogens with zero attached hydrogens (tertiary/aromatic N) is 2. The molecular weight excluding hydrogens is 451 g/mol. The van der Waals surface area contributed by atoms with Crippen molar-refractivity contribution >= 4 is 29.9 Å². The number of hydrogen-bond donors (Lipinski definition) is 2. The minimum absolute atomic E-state index is 0. The molecule has 0 aromatic rings. The van der Waals surface area contributed by atoms with Crippen LogP contribution in [0.4, 0.5) is 0 Å². The second-order valence-corrected chi connectivity index (χ2v) is 9.56. The second kappa shape index (κ2) is 11.2. The van der Waals surface area contributed by atoms with Crippen LogP contribution in [0.25, 0.3) is 0 Å². The molecule has 2 rings (SSSR count). The van der Waals surface area contributed by atoms with E-state index in [-0.39, 0.29) is 29.4 Å². The Bertz CT molecular complexity index is 464. The standard InChI is InChI=1S/C21H42N4O.HI/c1-8-22-20(24-18-14-25(15(2)3)13-16(18)4)23-12-17-10-9-11-26-19(17)21(5,6)7;/h15-19H,8-14H2,1-7H3,(H2,22,23,24);1H. The van der Waals surface area contributed by atoms with Gasteiger partial charge in [-0.15, -0.1) is 24.0 Å². The summed E-state index contributed by atoms with van der Waals surface area (Å²) in [7, 11) is 0. The van der Waals surface area contributed by atoms with Crippen molar-refractivity contribution in [1.29, 1.82) is 0 Å². The summed E-state index contributed by atoms with van der Waals surface area (Å²) in [5, 5.41) is 7.15. The van der Waals surface area contributed by atoms with Gasteiger partial charge >= 0.3 is 0 Å². The highest BCUT2D eigenvalue weighted by Gasteiger charge is 2.35. The number of halogens is 1. The summed E-state index contributed by atoms with van der Waals surface area (Å²) >= 11 is 0. The molecule has 2 aliphatic rings. The first kappa shape index (κ1) is 25.0. The van der Waals surface area contributed by atoms with E-state index >= 15 is 0 Å². The van der Waals surface area contributed by atoms with Crippen molar-refractivity contribution in [1.82, 2.24) is 15.5 Å². The van der Waals surface area contributed by atoms with Crippen molar-refractivity contribution in [3.05, 3.63) is 0 Å². The van der Waals surface area contributed by atoms with Crippen LogP contribution in [0.1, 0.15) is 61.3 Å². The average molecular weight is 495 g/mol. The summed E-state index contributed by atoms with van der Waals surface area (Å²) in [6, 6.07) is 1.08. The van der Waals surface area contributed by atoms with E-state index in [4.69, 9.17) is 9.73 Å². The summed E-state index contributed by atoms with van der Waals surface area (Å²) < 4.78 is 6.12. The van der Waals surface area contributed by atoms with Crippen molar-refractivity contribution in [2.75, 3.05) is 32.8 Å². The Labute approximate surface area is 184 Å². The van der Waals surface area contributed by atoms with Crippen LogP contribution < -0.4 is 10.6 Å². The second-order valence-electron chi connectivity index (χ2n) is 9.56. The molecule has 2 heterocycles. The lowest BCUT2D eigenvalue weighted by molar-refractivity contribution is -0.0823. The first-order valence-corrected chi connectivity index (χ1v) is 10.6. The summed E-state index contributed by atoms with van der Waals surface area (Å²) in [5.74, 6) is 2.11. The topological polar surface area (TPSA) is 48.9 Å². The van der Waals surface area contributed by atoms with E-state index in [1.807, 2.05) is 0 Å². The third kappa shape index (κ3) is 7.35. The van der Waals surface area contributed by atoms with E-state index in [9.17, 15) is 0 Å². The third-order valence-electron chi connectivity index (χ3n) is 5.82. The predicted molar refractivity (Wildman–Crippen MR) is 126 cm³/mol. The zero-order chi connectivity index (χ0) is 19.3. The van der Waals surface area contributed by atoms with E-state index in [0.29, 0.717) is 30.0 Å². The third-order valence-corrected chi connectivity index (χ3v) is 5.82. The lowest BCUT2D eigenvalue weighted by Crippen LogP contribution is -2.47. The fourth-order valence-corrected chi connectivity index (χ4v) is 4.31. The van der Waals surface area contributed by atoms with Gasteiger partial charge in [-0.25, -0.2) is 0 Å². The van der Waals surface area contributed by atoms with Gasteiger partial charge in [0, 0.05) is 50.8 Å². The molecule has 4 atom stereocenters. The Morgan fingerprint density at radius 3 is 2.52 bits per heavy atom. The predicted octanol–water partition coefficient (Wildman–Crippen LogP) is 3.73. The highest BCUT2D eigenvalue weighted by atomic mass is 127. The molecule has 2 fully saturated rings. The molecule has 0 bridgehead atoms. The zero-order valence-electron chi connectivity index (χ0n) is 18.5. The molecule has 27 heavy (non-hydrogen) atoms. The maximum Gasteiger partial charge on any atom is 0.191 e. The van der Waals surface area contributed by atoms with Gasteiger partial charge in [0.15, 0.2) is 5.96 Å². The normalized spacial score (nSPS) is 30.3. The minimum Gasteiger partial charge on any atom is -0.377 e. The van der Waals surface area contributed by atoms with Gasteiger partial charge in [-0.3, -0.25) is 9.89 Å². The van der Waals surface area contributed by atoms with E-state index in [0.717, 1.165) is 45.2 Å². The smallest absolute Gasteiger partial charge is 0.191 e. The van der Waals surface area contributed by atoms with Crippen molar-refractivity contribution in [3.63, 3.8) is 0 Å². The molecule has 0 spiro atoms. The van der Waals surface area contributed by atoms with Crippen molar-refractivity contribution in [2.24, 2.45) is 22.2 Å². The number of hydrogen-bond acceptors (Lipinski definition) is 3. The largest absolute Gasteiger partial charge is 0.377 e. The highest BCUT2D eigenvalue weighted by Crippen LogP contribution is 2.34. The molecule has 2 N–H and O–H groups in total. The number of ether oxygens (including phenoxy) is 1. The Hall–Kier alpha value is -0.0800. The summed E-state index contributed by atoms with van der Waals surface area (Å²) in [5.41, 5.74) is 0.171. The van der Waals surface area contributed by atoms with Gasteiger partial charge in [0.25, 0.3) is 0 Å². The van der Waals surface area contributed by atoms with Crippen molar-refractivity contribution < 1.29 is 4.74 Å². The van der Waals surface area contributed by atoms with Crippen LogP contribution in [0.2, 0.25) is 0 Å².